The highest BCUT2D eigenvalue weighted by Gasteiger charge is 2.24. The van der Waals surface area contributed by atoms with Crippen molar-refractivity contribution < 1.29 is 23.8 Å². The van der Waals surface area contributed by atoms with Gasteiger partial charge in [-0.05, 0) is 56.0 Å². The van der Waals surface area contributed by atoms with E-state index >= 15 is 0 Å². The fraction of sp³-hybridized carbons (Fsp3) is 0.304. The molecule has 1 aliphatic heterocycles. The van der Waals surface area contributed by atoms with Gasteiger partial charge in [0.2, 0.25) is 5.78 Å². The predicted octanol–water partition coefficient (Wildman–Crippen LogP) is 4.35. The number of fused-ring (bicyclic) bond motifs is 1. The van der Waals surface area contributed by atoms with E-state index < -0.39 is 5.97 Å². The lowest BCUT2D eigenvalue weighted by Crippen LogP contribution is -2.33. The van der Waals surface area contributed by atoms with E-state index in [0.717, 1.165) is 28.5 Å². The Bertz CT molecular complexity index is 1100. The lowest BCUT2D eigenvalue weighted by atomic mass is 10.1. The number of benzene rings is 1. The van der Waals surface area contributed by atoms with Crippen LogP contribution < -0.4 is 9.47 Å². The van der Waals surface area contributed by atoms with Crippen molar-refractivity contribution in [1.29, 1.82) is 0 Å². The second-order valence-corrected chi connectivity index (χ2v) is 8.24. The van der Waals surface area contributed by atoms with Crippen molar-refractivity contribution in [2.45, 2.75) is 33.4 Å². The van der Waals surface area contributed by atoms with Crippen molar-refractivity contribution in [3.8, 4) is 11.5 Å². The van der Waals surface area contributed by atoms with Gasteiger partial charge in [-0.1, -0.05) is 12.1 Å². The van der Waals surface area contributed by atoms with Gasteiger partial charge in [-0.2, -0.15) is 0 Å². The molecule has 3 aromatic rings. The Kier molecular flexibility index (Phi) is 5.63. The van der Waals surface area contributed by atoms with Crippen molar-refractivity contribution in [3.63, 3.8) is 0 Å². The lowest BCUT2D eigenvalue weighted by Gasteiger charge is -2.27. The summed E-state index contributed by atoms with van der Waals surface area (Å²) in [4.78, 5) is 25.4. The van der Waals surface area contributed by atoms with Gasteiger partial charge in [-0.3, -0.25) is 4.79 Å². The normalized spacial score (nSPS) is 15.1. The maximum atomic E-state index is 12.7. The molecule has 3 heterocycles. The molecule has 6 nitrogen and oxygen atoms in total. The minimum Gasteiger partial charge on any atom is -0.486 e. The number of rotatable bonds is 6. The Morgan fingerprint density at radius 2 is 1.93 bits per heavy atom. The van der Waals surface area contributed by atoms with Crippen molar-refractivity contribution in [1.82, 2.24) is 4.57 Å². The van der Waals surface area contributed by atoms with Gasteiger partial charge in [0.15, 0.2) is 24.2 Å². The summed E-state index contributed by atoms with van der Waals surface area (Å²) in [5, 5.41) is 1.83. The number of thiophene rings is 1. The standard InChI is InChI=1S/C23H23NO5S/c1-14-8-9-30-22(14)23(26)28-13-19(25)18-10-15(2)24(16(18)3)11-17-12-27-20-6-4-5-7-21(20)29-17/h4-10,17H,11-13H2,1-3H3/t17-/m1/s1. The minimum atomic E-state index is -0.462. The number of carbonyl (C=O) groups excluding carboxylic acids is 2. The Hall–Kier alpha value is -3.06. The van der Waals surface area contributed by atoms with Gasteiger partial charge < -0.3 is 18.8 Å². The Labute approximate surface area is 179 Å². The van der Waals surface area contributed by atoms with Crippen LogP contribution in [0.3, 0.4) is 0 Å². The van der Waals surface area contributed by atoms with Crippen LogP contribution in [0.5, 0.6) is 11.5 Å². The van der Waals surface area contributed by atoms with Crippen LogP contribution in [0, 0.1) is 20.8 Å². The van der Waals surface area contributed by atoms with Gasteiger partial charge in [0.25, 0.3) is 0 Å². The molecule has 0 fully saturated rings. The third-order valence-corrected chi connectivity index (χ3v) is 6.21. The summed E-state index contributed by atoms with van der Waals surface area (Å²) in [5.74, 6) is 0.788. The van der Waals surface area contributed by atoms with Crippen LogP contribution in [0.25, 0.3) is 0 Å². The zero-order valence-electron chi connectivity index (χ0n) is 17.1. The lowest BCUT2D eigenvalue weighted by molar-refractivity contribution is 0.0478. The molecule has 0 bridgehead atoms. The number of para-hydroxylation sites is 2. The quantitative estimate of drug-likeness (QED) is 0.434. The van der Waals surface area contributed by atoms with E-state index in [-0.39, 0.29) is 18.5 Å². The van der Waals surface area contributed by atoms with Gasteiger partial charge in [-0.15, -0.1) is 11.3 Å². The first-order valence-corrected chi connectivity index (χ1v) is 10.6. The molecule has 2 aromatic heterocycles. The molecule has 4 rings (SSSR count). The van der Waals surface area contributed by atoms with Gasteiger partial charge in [0.1, 0.15) is 11.5 Å². The molecular formula is C23H23NO5S. The summed E-state index contributed by atoms with van der Waals surface area (Å²) < 4.78 is 19.1. The molecule has 0 unspecified atom stereocenters. The Morgan fingerprint density at radius 3 is 2.67 bits per heavy atom. The molecule has 1 aliphatic rings. The number of aryl methyl sites for hydroxylation is 2. The number of hydrogen-bond acceptors (Lipinski definition) is 6. The van der Waals surface area contributed by atoms with E-state index in [0.29, 0.717) is 23.6 Å². The van der Waals surface area contributed by atoms with Gasteiger partial charge in [0, 0.05) is 17.0 Å². The summed E-state index contributed by atoms with van der Waals surface area (Å²) in [5.41, 5.74) is 3.18. The van der Waals surface area contributed by atoms with E-state index in [1.54, 1.807) is 0 Å². The highest BCUT2D eigenvalue weighted by Crippen LogP contribution is 2.31. The van der Waals surface area contributed by atoms with Crippen LogP contribution in [-0.4, -0.2) is 35.6 Å². The second kappa shape index (κ2) is 8.36. The maximum Gasteiger partial charge on any atom is 0.349 e. The number of carbonyl (C=O) groups is 2. The zero-order valence-corrected chi connectivity index (χ0v) is 18.0. The van der Waals surface area contributed by atoms with Gasteiger partial charge >= 0.3 is 5.97 Å². The number of nitrogens with zero attached hydrogens (tertiary/aromatic N) is 1. The van der Waals surface area contributed by atoms with E-state index in [1.807, 2.05) is 67.1 Å². The van der Waals surface area contributed by atoms with E-state index in [2.05, 4.69) is 0 Å². The smallest absolute Gasteiger partial charge is 0.349 e. The summed E-state index contributed by atoms with van der Waals surface area (Å²) in [6, 6.07) is 11.3. The molecule has 0 saturated carbocycles. The number of esters is 1. The molecule has 0 spiro atoms. The van der Waals surface area contributed by atoms with E-state index in [9.17, 15) is 9.59 Å². The predicted molar refractivity (Wildman–Crippen MR) is 114 cm³/mol. The Balaban J connectivity index is 1.42. The summed E-state index contributed by atoms with van der Waals surface area (Å²) in [6.45, 7) is 6.41. The molecule has 7 heteroatoms. The average Bonchev–Trinajstić information content (AvgIpc) is 3.30. The summed E-state index contributed by atoms with van der Waals surface area (Å²) in [7, 11) is 0. The number of Topliss-reactive ketones (excluding diaryl/α,β-unsaturated/α-hetero) is 1. The van der Waals surface area contributed by atoms with Crippen LogP contribution in [-0.2, 0) is 11.3 Å². The van der Waals surface area contributed by atoms with Crippen molar-refractivity contribution >= 4 is 23.1 Å². The molecular weight excluding hydrogens is 402 g/mol. The first-order valence-electron chi connectivity index (χ1n) is 9.73. The average molecular weight is 426 g/mol. The highest BCUT2D eigenvalue weighted by molar-refractivity contribution is 7.12. The third-order valence-electron chi connectivity index (χ3n) is 5.21. The van der Waals surface area contributed by atoms with Crippen LogP contribution in [0.4, 0.5) is 0 Å². The van der Waals surface area contributed by atoms with E-state index in [4.69, 9.17) is 14.2 Å². The first-order chi connectivity index (χ1) is 14.4. The van der Waals surface area contributed by atoms with Crippen LogP contribution >= 0.6 is 11.3 Å². The fourth-order valence-corrected chi connectivity index (χ4v) is 4.39. The largest absolute Gasteiger partial charge is 0.486 e. The van der Waals surface area contributed by atoms with Crippen LogP contribution in [0.2, 0.25) is 0 Å². The van der Waals surface area contributed by atoms with Gasteiger partial charge in [-0.25, -0.2) is 4.79 Å². The molecule has 0 N–H and O–H groups in total. The van der Waals surface area contributed by atoms with Crippen LogP contribution in [0.1, 0.15) is 37.0 Å². The number of hydrogen-bond donors (Lipinski definition) is 0. The number of ether oxygens (including phenoxy) is 3. The molecule has 0 saturated heterocycles. The highest BCUT2D eigenvalue weighted by atomic mass is 32.1. The molecule has 0 amide bonds. The second-order valence-electron chi connectivity index (χ2n) is 7.33. The minimum absolute atomic E-state index is 0.160. The van der Waals surface area contributed by atoms with Gasteiger partial charge in [0.05, 0.1) is 6.54 Å². The third kappa shape index (κ3) is 3.98. The van der Waals surface area contributed by atoms with Crippen molar-refractivity contribution in [2.24, 2.45) is 0 Å². The fourth-order valence-electron chi connectivity index (χ4n) is 3.58. The molecule has 1 aromatic carbocycles. The number of aromatic nitrogens is 1. The molecule has 1 atom stereocenters. The van der Waals surface area contributed by atoms with Crippen molar-refractivity contribution in [3.05, 3.63) is 69.2 Å². The molecule has 0 aliphatic carbocycles. The van der Waals surface area contributed by atoms with Crippen LogP contribution in [0.15, 0.2) is 41.8 Å². The summed E-state index contributed by atoms with van der Waals surface area (Å²) in [6.07, 6.45) is -0.160. The molecule has 30 heavy (non-hydrogen) atoms. The SMILES string of the molecule is Cc1ccsc1C(=O)OCC(=O)c1cc(C)n(C[C@@H]2COc3ccccc3O2)c1C. The zero-order chi connectivity index (χ0) is 21.3. The summed E-state index contributed by atoms with van der Waals surface area (Å²) >= 11 is 1.31. The number of ketones is 1. The maximum absolute atomic E-state index is 12.7. The van der Waals surface area contributed by atoms with Crippen molar-refractivity contribution in [2.75, 3.05) is 13.2 Å². The Morgan fingerprint density at radius 1 is 1.17 bits per heavy atom. The topological polar surface area (TPSA) is 66.8 Å². The monoisotopic (exact) mass is 425 g/mol. The van der Waals surface area contributed by atoms with E-state index in [1.165, 1.54) is 11.3 Å². The molecule has 156 valence electrons. The molecule has 0 radical (unpaired) electrons. The first kappa shape index (κ1) is 20.2.